The van der Waals surface area contributed by atoms with Gasteiger partial charge in [-0.05, 0) is 19.4 Å². The van der Waals surface area contributed by atoms with Crippen molar-refractivity contribution >= 4 is 28.7 Å². The molecule has 0 spiro atoms. The van der Waals surface area contributed by atoms with Crippen LogP contribution in [0, 0.1) is 6.92 Å². The molecule has 0 radical (unpaired) electrons. The first-order chi connectivity index (χ1) is 8.56. The predicted molar refractivity (Wildman–Crippen MR) is 75.6 cm³/mol. The Bertz CT molecular complexity index is 607. The van der Waals surface area contributed by atoms with Crippen molar-refractivity contribution in [2.75, 3.05) is 6.54 Å². The quantitative estimate of drug-likeness (QED) is 0.867. The van der Waals surface area contributed by atoms with E-state index in [9.17, 15) is 0 Å². The van der Waals surface area contributed by atoms with Gasteiger partial charge in [0.05, 0.1) is 5.69 Å². The molecule has 0 aromatic carbocycles. The van der Waals surface area contributed by atoms with E-state index in [2.05, 4.69) is 17.0 Å². The molecule has 0 aliphatic carbocycles. The summed E-state index contributed by atoms with van der Waals surface area (Å²) in [7, 11) is 1.87. The second-order valence-electron chi connectivity index (χ2n) is 4.31. The maximum absolute atomic E-state index is 6.20. The Balaban J connectivity index is 2.62. The van der Waals surface area contributed by atoms with Crippen LogP contribution in [0.15, 0.2) is 11.6 Å². The Labute approximate surface area is 111 Å². The molecular formula is C13H17ClN4. The standard InChI is InChI=1S/C13H17ClN4/c1-4-9(7-15)5-10-6-11-8(2)17-18(3)13(11)16-12(10)14/h5-6H,4,7,15H2,1-3H3. The summed E-state index contributed by atoms with van der Waals surface area (Å²) in [5, 5.41) is 5.86. The summed E-state index contributed by atoms with van der Waals surface area (Å²) in [6.07, 6.45) is 2.93. The van der Waals surface area contributed by atoms with Crippen LogP contribution in [0.4, 0.5) is 0 Å². The van der Waals surface area contributed by atoms with Gasteiger partial charge in [0, 0.05) is 24.5 Å². The van der Waals surface area contributed by atoms with Crippen LogP contribution in [0.3, 0.4) is 0 Å². The fourth-order valence-electron chi connectivity index (χ4n) is 1.96. The molecule has 0 saturated heterocycles. The average Bonchev–Trinajstić information content (AvgIpc) is 2.62. The van der Waals surface area contributed by atoms with Crippen LogP contribution in [-0.4, -0.2) is 21.3 Å². The maximum Gasteiger partial charge on any atom is 0.159 e. The largest absolute Gasteiger partial charge is 0.327 e. The summed E-state index contributed by atoms with van der Waals surface area (Å²) in [5.41, 5.74) is 9.50. The number of rotatable bonds is 3. The lowest BCUT2D eigenvalue weighted by Crippen LogP contribution is -2.02. The van der Waals surface area contributed by atoms with Crippen molar-refractivity contribution < 1.29 is 0 Å². The molecule has 2 heterocycles. The van der Waals surface area contributed by atoms with Gasteiger partial charge in [0.1, 0.15) is 5.15 Å². The summed E-state index contributed by atoms with van der Waals surface area (Å²) < 4.78 is 1.74. The van der Waals surface area contributed by atoms with Gasteiger partial charge in [0.25, 0.3) is 0 Å². The zero-order valence-corrected chi connectivity index (χ0v) is 11.6. The lowest BCUT2D eigenvalue weighted by atomic mass is 10.1. The highest BCUT2D eigenvalue weighted by Gasteiger charge is 2.10. The molecule has 0 atom stereocenters. The summed E-state index contributed by atoms with van der Waals surface area (Å²) >= 11 is 6.20. The fourth-order valence-corrected chi connectivity index (χ4v) is 2.15. The van der Waals surface area contributed by atoms with Gasteiger partial charge < -0.3 is 5.73 Å². The van der Waals surface area contributed by atoms with Crippen molar-refractivity contribution in [2.45, 2.75) is 20.3 Å². The van der Waals surface area contributed by atoms with Crippen LogP contribution in [0.5, 0.6) is 0 Å². The molecule has 2 aromatic rings. The Morgan fingerprint density at radius 1 is 1.56 bits per heavy atom. The summed E-state index contributed by atoms with van der Waals surface area (Å²) in [6.45, 7) is 4.58. The molecule has 2 N–H and O–H groups in total. The van der Waals surface area contributed by atoms with Crippen LogP contribution in [-0.2, 0) is 7.05 Å². The van der Waals surface area contributed by atoms with E-state index in [1.807, 2.05) is 26.1 Å². The van der Waals surface area contributed by atoms with Crippen LogP contribution in [0.1, 0.15) is 24.6 Å². The Morgan fingerprint density at radius 3 is 2.89 bits per heavy atom. The first-order valence-corrected chi connectivity index (χ1v) is 6.34. The minimum absolute atomic E-state index is 0.491. The van der Waals surface area contributed by atoms with E-state index in [1.54, 1.807) is 4.68 Å². The third kappa shape index (κ3) is 2.26. The summed E-state index contributed by atoms with van der Waals surface area (Å²) in [5.74, 6) is 0. The SMILES string of the molecule is CCC(=Cc1cc2c(C)nn(C)c2nc1Cl)CN. The lowest BCUT2D eigenvalue weighted by Gasteiger charge is -2.03. The molecule has 0 bridgehead atoms. The third-order valence-electron chi connectivity index (χ3n) is 3.06. The molecule has 2 rings (SSSR count). The molecule has 0 unspecified atom stereocenters. The third-order valence-corrected chi connectivity index (χ3v) is 3.36. The molecule has 96 valence electrons. The second-order valence-corrected chi connectivity index (χ2v) is 4.67. The van der Waals surface area contributed by atoms with E-state index in [1.165, 1.54) is 0 Å². The van der Waals surface area contributed by atoms with E-state index < -0.39 is 0 Å². The zero-order chi connectivity index (χ0) is 13.3. The van der Waals surface area contributed by atoms with Crippen molar-refractivity contribution in [3.8, 4) is 0 Å². The van der Waals surface area contributed by atoms with Gasteiger partial charge in [0.15, 0.2) is 5.65 Å². The van der Waals surface area contributed by atoms with Crippen LogP contribution in [0.25, 0.3) is 17.1 Å². The van der Waals surface area contributed by atoms with Crippen LogP contribution < -0.4 is 5.73 Å². The first-order valence-electron chi connectivity index (χ1n) is 5.96. The number of aryl methyl sites for hydroxylation is 2. The number of fused-ring (bicyclic) bond motifs is 1. The lowest BCUT2D eigenvalue weighted by molar-refractivity contribution is 0.774. The molecular weight excluding hydrogens is 248 g/mol. The minimum Gasteiger partial charge on any atom is -0.327 e. The van der Waals surface area contributed by atoms with E-state index in [-0.39, 0.29) is 0 Å². The topological polar surface area (TPSA) is 56.7 Å². The number of hydrogen-bond acceptors (Lipinski definition) is 3. The number of hydrogen-bond donors (Lipinski definition) is 1. The summed E-state index contributed by atoms with van der Waals surface area (Å²) in [6, 6.07) is 2.03. The Morgan fingerprint density at radius 2 is 2.28 bits per heavy atom. The highest BCUT2D eigenvalue weighted by Crippen LogP contribution is 2.24. The molecule has 0 amide bonds. The van der Waals surface area contributed by atoms with Gasteiger partial charge in [-0.15, -0.1) is 0 Å². The van der Waals surface area contributed by atoms with Crippen molar-refractivity contribution in [3.63, 3.8) is 0 Å². The number of nitrogens with two attached hydrogens (primary N) is 1. The highest BCUT2D eigenvalue weighted by molar-refractivity contribution is 6.31. The maximum atomic E-state index is 6.20. The average molecular weight is 265 g/mol. The molecule has 5 heteroatoms. The molecule has 2 aromatic heterocycles. The van der Waals surface area contributed by atoms with E-state index >= 15 is 0 Å². The first kappa shape index (κ1) is 13.1. The number of halogens is 1. The van der Waals surface area contributed by atoms with Gasteiger partial charge in [-0.25, -0.2) is 4.98 Å². The minimum atomic E-state index is 0.491. The normalized spacial score (nSPS) is 12.4. The van der Waals surface area contributed by atoms with Crippen molar-refractivity contribution in [3.05, 3.63) is 28.0 Å². The second kappa shape index (κ2) is 5.08. The van der Waals surface area contributed by atoms with Crippen molar-refractivity contribution in [1.29, 1.82) is 0 Å². The van der Waals surface area contributed by atoms with Gasteiger partial charge >= 0.3 is 0 Å². The molecule has 0 fully saturated rings. The van der Waals surface area contributed by atoms with E-state index in [4.69, 9.17) is 17.3 Å². The molecule has 0 aliphatic rings. The predicted octanol–water partition coefficient (Wildman–Crippen LogP) is 2.68. The zero-order valence-electron chi connectivity index (χ0n) is 10.9. The fraction of sp³-hybridized carbons (Fsp3) is 0.385. The Hall–Kier alpha value is -1.39. The van der Waals surface area contributed by atoms with Gasteiger partial charge in [-0.1, -0.05) is 30.2 Å². The van der Waals surface area contributed by atoms with E-state index in [0.29, 0.717) is 11.7 Å². The van der Waals surface area contributed by atoms with Crippen LogP contribution >= 0.6 is 11.6 Å². The molecule has 0 saturated carbocycles. The molecule has 4 nitrogen and oxygen atoms in total. The number of pyridine rings is 1. The smallest absolute Gasteiger partial charge is 0.159 e. The molecule has 0 aliphatic heterocycles. The van der Waals surface area contributed by atoms with Gasteiger partial charge in [0.2, 0.25) is 0 Å². The van der Waals surface area contributed by atoms with Crippen molar-refractivity contribution in [2.24, 2.45) is 12.8 Å². The van der Waals surface area contributed by atoms with E-state index in [0.717, 1.165) is 34.3 Å². The number of nitrogens with zero attached hydrogens (tertiary/aromatic N) is 3. The van der Waals surface area contributed by atoms with Crippen LogP contribution in [0.2, 0.25) is 5.15 Å². The molecule has 18 heavy (non-hydrogen) atoms. The summed E-state index contributed by atoms with van der Waals surface area (Å²) in [4.78, 5) is 4.40. The Kier molecular flexibility index (Phi) is 3.68. The van der Waals surface area contributed by atoms with Crippen molar-refractivity contribution in [1.82, 2.24) is 14.8 Å². The number of aromatic nitrogens is 3. The highest BCUT2D eigenvalue weighted by atomic mass is 35.5. The van der Waals surface area contributed by atoms with Gasteiger partial charge in [-0.3, -0.25) is 4.68 Å². The van der Waals surface area contributed by atoms with Gasteiger partial charge in [-0.2, -0.15) is 5.10 Å². The monoisotopic (exact) mass is 264 g/mol.